The first-order chi connectivity index (χ1) is 14.9. The average Bonchev–Trinajstić information content (AvgIpc) is 3.20. The number of aromatic nitrogens is 2. The Balaban J connectivity index is 1.68. The number of benzene rings is 2. The Kier molecular flexibility index (Phi) is 7.54. The summed E-state index contributed by atoms with van der Waals surface area (Å²) < 4.78 is 13.3. The molecule has 10 heteroatoms. The van der Waals surface area contributed by atoms with Gasteiger partial charge in [0.05, 0.1) is 0 Å². The van der Waals surface area contributed by atoms with Crippen LogP contribution in [0.2, 0.25) is 5.02 Å². The molecule has 2 atom stereocenters. The predicted octanol–water partition coefficient (Wildman–Crippen LogP) is 5.17. The van der Waals surface area contributed by atoms with E-state index < -0.39 is 23.8 Å². The normalized spacial score (nSPS) is 12.6. The van der Waals surface area contributed by atoms with Crippen molar-refractivity contribution in [3.05, 3.63) is 59.4 Å². The maximum atomic E-state index is 13.3. The van der Waals surface area contributed by atoms with Crippen LogP contribution in [0.3, 0.4) is 0 Å². The second-order valence-electron chi connectivity index (χ2n) is 6.88. The molecule has 0 saturated heterocycles. The Labute approximate surface area is 188 Å². The van der Waals surface area contributed by atoms with Crippen molar-refractivity contribution >= 4 is 45.7 Å². The van der Waals surface area contributed by atoms with Crippen LogP contribution in [0.4, 0.5) is 20.0 Å². The highest BCUT2D eigenvalue weighted by Gasteiger charge is 2.27. The highest BCUT2D eigenvalue weighted by atomic mass is 35.5. The molecule has 1 aromatic heterocycles. The molecule has 0 spiro atoms. The Hall–Kier alpha value is -3.04. The SMILES string of the molecule is CC[C@@H](C)[C@H](NC(=O)Nc1cccc(F)c1)C(=O)Nc1nnc(-c2cccc(Cl)c2)s1. The fourth-order valence-corrected chi connectivity index (χ4v) is 3.70. The number of nitrogens with zero attached hydrogens (tertiary/aromatic N) is 2. The third-order valence-electron chi connectivity index (χ3n) is 4.59. The number of rotatable bonds is 7. The van der Waals surface area contributed by atoms with E-state index in [1.54, 1.807) is 24.3 Å². The van der Waals surface area contributed by atoms with Crippen LogP contribution >= 0.6 is 22.9 Å². The number of hydrogen-bond acceptors (Lipinski definition) is 5. The zero-order valence-corrected chi connectivity index (χ0v) is 18.4. The van der Waals surface area contributed by atoms with Gasteiger partial charge in [-0.2, -0.15) is 0 Å². The summed E-state index contributed by atoms with van der Waals surface area (Å²) >= 11 is 7.21. The van der Waals surface area contributed by atoms with Gasteiger partial charge >= 0.3 is 6.03 Å². The Bertz CT molecular complexity index is 1080. The zero-order chi connectivity index (χ0) is 22.4. The van der Waals surface area contributed by atoms with E-state index in [1.807, 2.05) is 19.9 Å². The Morgan fingerprint density at radius 2 is 1.90 bits per heavy atom. The quantitative estimate of drug-likeness (QED) is 0.452. The monoisotopic (exact) mass is 461 g/mol. The molecule has 0 saturated carbocycles. The number of amides is 3. The van der Waals surface area contributed by atoms with E-state index in [-0.39, 0.29) is 11.6 Å². The van der Waals surface area contributed by atoms with E-state index in [4.69, 9.17) is 11.6 Å². The third kappa shape index (κ3) is 6.22. The number of halogens is 2. The van der Waals surface area contributed by atoms with E-state index in [0.717, 1.165) is 5.56 Å². The number of carbonyl (C=O) groups is 2. The van der Waals surface area contributed by atoms with E-state index in [0.29, 0.717) is 21.6 Å². The summed E-state index contributed by atoms with van der Waals surface area (Å²) in [5.74, 6) is -1.04. The Morgan fingerprint density at radius 1 is 1.13 bits per heavy atom. The molecular weight excluding hydrogens is 441 g/mol. The van der Waals surface area contributed by atoms with Gasteiger partial charge < -0.3 is 10.6 Å². The minimum Gasteiger partial charge on any atom is -0.326 e. The molecule has 0 aliphatic rings. The van der Waals surface area contributed by atoms with Gasteiger partial charge in [0.15, 0.2) is 0 Å². The number of urea groups is 1. The van der Waals surface area contributed by atoms with Crippen molar-refractivity contribution in [2.45, 2.75) is 26.3 Å². The maximum absolute atomic E-state index is 13.3. The van der Waals surface area contributed by atoms with Gasteiger partial charge in [-0.3, -0.25) is 10.1 Å². The van der Waals surface area contributed by atoms with Gasteiger partial charge in [-0.05, 0) is 36.2 Å². The smallest absolute Gasteiger partial charge is 0.319 e. The predicted molar refractivity (Wildman–Crippen MR) is 121 cm³/mol. The first kappa shape index (κ1) is 22.6. The van der Waals surface area contributed by atoms with Crippen LogP contribution in [0.25, 0.3) is 10.6 Å². The van der Waals surface area contributed by atoms with Crippen LogP contribution in [0.15, 0.2) is 48.5 Å². The molecule has 162 valence electrons. The van der Waals surface area contributed by atoms with Crippen molar-refractivity contribution in [3.8, 4) is 10.6 Å². The van der Waals surface area contributed by atoms with Crippen LogP contribution in [-0.2, 0) is 4.79 Å². The molecule has 3 N–H and O–H groups in total. The molecule has 0 bridgehead atoms. The summed E-state index contributed by atoms with van der Waals surface area (Å²) in [7, 11) is 0. The van der Waals surface area contributed by atoms with E-state index in [1.165, 1.54) is 29.5 Å². The summed E-state index contributed by atoms with van der Waals surface area (Å²) in [6.07, 6.45) is 0.655. The molecule has 3 rings (SSSR count). The van der Waals surface area contributed by atoms with Crippen molar-refractivity contribution < 1.29 is 14.0 Å². The minimum atomic E-state index is -0.822. The van der Waals surface area contributed by atoms with Crippen molar-refractivity contribution in [3.63, 3.8) is 0 Å². The summed E-state index contributed by atoms with van der Waals surface area (Å²) in [5, 5.41) is 17.5. The lowest BCUT2D eigenvalue weighted by molar-refractivity contribution is -0.119. The average molecular weight is 462 g/mol. The third-order valence-corrected chi connectivity index (χ3v) is 5.71. The molecule has 0 fully saturated rings. The van der Waals surface area contributed by atoms with Gasteiger partial charge in [0, 0.05) is 16.3 Å². The van der Waals surface area contributed by atoms with Gasteiger partial charge in [0.1, 0.15) is 16.9 Å². The van der Waals surface area contributed by atoms with Crippen molar-refractivity contribution in [1.82, 2.24) is 15.5 Å². The topological polar surface area (TPSA) is 96.0 Å². The van der Waals surface area contributed by atoms with Gasteiger partial charge in [0.2, 0.25) is 11.0 Å². The zero-order valence-electron chi connectivity index (χ0n) is 16.9. The van der Waals surface area contributed by atoms with Crippen LogP contribution in [-0.4, -0.2) is 28.2 Å². The number of nitrogens with one attached hydrogen (secondary N) is 3. The van der Waals surface area contributed by atoms with E-state index in [2.05, 4.69) is 26.1 Å². The minimum absolute atomic E-state index is 0.154. The lowest BCUT2D eigenvalue weighted by Gasteiger charge is -2.23. The first-order valence-electron chi connectivity index (χ1n) is 9.59. The summed E-state index contributed by atoms with van der Waals surface area (Å²) in [6.45, 7) is 3.77. The molecule has 31 heavy (non-hydrogen) atoms. The Morgan fingerprint density at radius 3 is 2.61 bits per heavy atom. The molecule has 0 radical (unpaired) electrons. The molecule has 3 aromatic rings. The molecule has 2 aromatic carbocycles. The van der Waals surface area contributed by atoms with Crippen LogP contribution in [0.5, 0.6) is 0 Å². The van der Waals surface area contributed by atoms with Gasteiger partial charge in [-0.15, -0.1) is 10.2 Å². The lowest BCUT2D eigenvalue weighted by atomic mass is 9.98. The van der Waals surface area contributed by atoms with Crippen LogP contribution in [0.1, 0.15) is 20.3 Å². The molecule has 0 unspecified atom stereocenters. The molecular formula is C21H21ClFN5O2S. The summed E-state index contributed by atoms with van der Waals surface area (Å²) in [6, 6.07) is 11.2. The molecule has 0 aliphatic heterocycles. The summed E-state index contributed by atoms with van der Waals surface area (Å²) in [4.78, 5) is 25.2. The number of hydrogen-bond donors (Lipinski definition) is 3. The maximum Gasteiger partial charge on any atom is 0.319 e. The molecule has 7 nitrogen and oxygen atoms in total. The highest BCUT2D eigenvalue weighted by Crippen LogP contribution is 2.28. The van der Waals surface area contributed by atoms with Gasteiger partial charge in [-0.1, -0.05) is 61.4 Å². The van der Waals surface area contributed by atoms with E-state index >= 15 is 0 Å². The second kappa shape index (κ2) is 10.3. The van der Waals surface area contributed by atoms with Crippen molar-refractivity contribution in [1.29, 1.82) is 0 Å². The highest BCUT2D eigenvalue weighted by molar-refractivity contribution is 7.18. The summed E-state index contributed by atoms with van der Waals surface area (Å²) in [5.41, 5.74) is 1.08. The molecule has 3 amide bonds. The second-order valence-corrected chi connectivity index (χ2v) is 8.30. The first-order valence-corrected chi connectivity index (χ1v) is 10.8. The number of carbonyl (C=O) groups excluding carboxylic acids is 2. The lowest BCUT2D eigenvalue weighted by Crippen LogP contribution is -2.49. The fourth-order valence-electron chi connectivity index (χ4n) is 2.77. The van der Waals surface area contributed by atoms with Gasteiger partial charge in [0.25, 0.3) is 0 Å². The van der Waals surface area contributed by atoms with Crippen LogP contribution in [0, 0.1) is 11.7 Å². The molecule has 1 heterocycles. The van der Waals surface area contributed by atoms with E-state index in [9.17, 15) is 14.0 Å². The van der Waals surface area contributed by atoms with Gasteiger partial charge in [-0.25, -0.2) is 9.18 Å². The fraction of sp³-hybridized carbons (Fsp3) is 0.238. The van der Waals surface area contributed by atoms with Crippen molar-refractivity contribution in [2.24, 2.45) is 5.92 Å². The van der Waals surface area contributed by atoms with Crippen LogP contribution < -0.4 is 16.0 Å². The largest absolute Gasteiger partial charge is 0.326 e. The molecule has 0 aliphatic carbocycles. The van der Waals surface area contributed by atoms with Crippen molar-refractivity contribution in [2.75, 3.05) is 10.6 Å². The standard InChI is InChI=1S/C21H21ClFN5O2S/c1-3-12(2)17(25-20(30)24-16-9-5-8-15(23)11-16)18(29)26-21-28-27-19(31-21)13-6-4-7-14(22)10-13/h4-12,17H,3H2,1-2H3,(H2,24,25,30)(H,26,28,29)/t12-,17+/m1/s1. The number of anilines is 2.